The first-order valence-corrected chi connectivity index (χ1v) is 15.0. The second-order valence-electron chi connectivity index (χ2n) is 10.9. The van der Waals surface area contributed by atoms with Crippen LogP contribution in [0, 0.1) is 0 Å². The lowest BCUT2D eigenvalue weighted by Gasteiger charge is -2.23. The summed E-state index contributed by atoms with van der Waals surface area (Å²) in [7, 11) is 1.34. The first kappa shape index (κ1) is 36.7. The number of rotatable bonds is 16. The fraction of sp³-hybridized carbons (Fsp3) is 0.375. The summed E-state index contributed by atoms with van der Waals surface area (Å²) in [5, 5.41) is 14.0. The van der Waals surface area contributed by atoms with Gasteiger partial charge in [0.25, 0.3) is 0 Å². The van der Waals surface area contributed by atoms with Crippen LogP contribution in [-0.2, 0) is 38.3 Å². The Morgan fingerprint density at radius 3 is 1.96 bits per heavy atom. The zero-order valence-corrected chi connectivity index (χ0v) is 26.8. The van der Waals surface area contributed by atoms with Gasteiger partial charge in [-0.3, -0.25) is 33.6 Å². The average molecular weight is 666 g/mol. The first-order chi connectivity index (χ1) is 22.9. The van der Waals surface area contributed by atoms with Gasteiger partial charge in [0, 0.05) is 19.9 Å². The third kappa shape index (κ3) is 10.9. The van der Waals surface area contributed by atoms with Gasteiger partial charge in [0.2, 0.25) is 35.4 Å². The van der Waals surface area contributed by atoms with Crippen molar-refractivity contribution >= 4 is 47.3 Å². The van der Waals surface area contributed by atoms with Gasteiger partial charge in [-0.1, -0.05) is 48.5 Å². The topological polar surface area (TPSA) is 221 Å². The highest BCUT2D eigenvalue weighted by Gasteiger charge is 2.29. The second-order valence-corrected chi connectivity index (χ2v) is 10.9. The summed E-state index contributed by atoms with van der Waals surface area (Å²) in [5.41, 5.74) is 4.14. The molecule has 16 nitrogen and oxygen atoms in total. The monoisotopic (exact) mass is 665 g/mol. The van der Waals surface area contributed by atoms with E-state index in [-0.39, 0.29) is 31.5 Å². The molecule has 2 aromatic carbocycles. The van der Waals surface area contributed by atoms with Gasteiger partial charge in [-0.15, -0.1) is 0 Å². The third-order valence-corrected chi connectivity index (χ3v) is 7.21. The molecular formula is C32H39N7O9. The van der Waals surface area contributed by atoms with E-state index in [2.05, 4.69) is 31.9 Å². The quantitative estimate of drug-likeness (QED) is 0.120. The summed E-state index contributed by atoms with van der Waals surface area (Å²) >= 11 is 0. The summed E-state index contributed by atoms with van der Waals surface area (Å²) in [4.78, 5) is 98.4. The molecule has 16 heteroatoms. The van der Waals surface area contributed by atoms with Gasteiger partial charge in [-0.25, -0.2) is 4.79 Å². The van der Waals surface area contributed by atoms with Gasteiger partial charge in [0.1, 0.15) is 31.5 Å². The fourth-order valence-corrected chi connectivity index (χ4v) is 4.83. The maximum Gasteiger partial charge on any atom is 0.407 e. The van der Waals surface area contributed by atoms with Crippen LogP contribution in [0.25, 0.3) is 11.1 Å². The summed E-state index contributed by atoms with van der Waals surface area (Å²) < 4.78 is 5.44. The number of nitrogens with one attached hydrogen (secondary N) is 6. The van der Waals surface area contributed by atoms with E-state index >= 15 is 0 Å². The number of nitrogens with zero attached hydrogens (tertiary/aromatic N) is 1. The molecule has 1 aliphatic carbocycles. The number of hydrogen-bond acceptors (Lipinski definition) is 9. The summed E-state index contributed by atoms with van der Waals surface area (Å²) in [6.07, 6.45) is -1.28. The minimum absolute atomic E-state index is 0.0243. The summed E-state index contributed by atoms with van der Waals surface area (Å²) in [6.45, 7) is 0.0396. The average Bonchev–Trinajstić information content (AvgIpc) is 3.38. The van der Waals surface area contributed by atoms with Gasteiger partial charge in [-0.2, -0.15) is 0 Å². The van der Waals surface area contributed by atoms with Crippen molar-refractivity contribution in [3.63, 3.8) is 0 Å². The molecule has 48 heavy (non-hydrogen) atoms. The van der Waals surface area contributed by atoms with Crippen molar-refractivity contribution in [1.82, 2.24) is 36.8 Å². The van der Waals surface area contributed by atoms with Crippen LogP contribution in [0.4, 0.5) is 4.79 Å². The molecule has 2 aromatic rings. The summed E-state index contributed by atoms with van der Waals surface area (Å²) in [5.74, 6) is -4.70. The summed E-state index contributed by atoms with van der Waals surface area (Å²) in [6, 6.07) is 14.3. The van der Waals surface area contributed by atoms with Crippen molar-refractivity contribution in [2.75, 3.05) is 46.5 Å². The van der Waals surface area contributed by atoms with Gasteiger partial charge in [0.15, 0.2) is 0 Å². The molecule has 7 amide bonds. The van der Waals surface area contributed by atoms with E-state index in [1.165, 1.54) is 20.9 Å². The van der Waals surface area contributed by atoms with Crippen molar-refractivity contribution in [2.45, 2.75) is 32.2 Å². The molecule has 0 aromatic heterocycles. The zero-order valence-electron chi connectivity index (χ0n) is 26.8. The van der Waals surface area contributed by atoms with E-state index in [0.717, 1.165) is 27.2 Å². The normalized spacial score (nSPS) is 11.9. The molecule has 0 bridgehead atoms. The SMILES string of the molecule is CNC(=O)CC(NC(=O)CNC(=O)CN(CNC(C)=O)C(=O)CNC(=O)OCC1c2ccccc2-c2ccccc21)C(=O)NCC(C)=O. The lowest BCUT2D eigenvalue weighted by molar-refractivity contribution is -0.137. The van der Waals surface area contributed by atoms with E-state index in [0.29, 0.717) is 0 Å². The van der Waals surface area contributed by atoms with E-state index in [1.54, 1.807) is 0 Å². The fourth-order valence-electron chi connectivity index (χ4n) is 4.83. The maximum absolute atomic E-state index is 12.9. The van der Waals surface area contributed by atoms with Crippen molar-refractivity contribution in [3.05, 3.63) is 59.7 Å². The molecule has 0 heterocycles. The lowest BCUT2D eigenvalue weighted by atomic mass is 9.98. The van der Waals surface area contributed by atoms with Crippen LogP contribution < -0.4 is 31.9 Å². The largest absolute Gasteiger partial charge is 0.449 e. The van der Waals surface area contributed by atoms with Crippen molar-refractivity contribution in [2.24, 2.45) is 0 Å². The molecule has 0 spiro atoms. The molecule has 0 saturated carbocycles. The number of fused-ring (bicyclic) bond motifs is 3. The minimum Gasteiger partial charge on any atom is -0.449 e. The molecule has 0 aliphatic heterocycles. The van der Waals surface area contributed by atoms with Crippen molar-refractivity contribution in [1.29, 1.82) is 0 Å². The first-order valence-electron chi connectivity index (χ1n) is 15.0. The standard InChI is InChI=1S/C32H39N7O9/c1-19(40)13-35-31(46)26(12-27(42)33-3)38-28(43)14-34-29(44)16-39(18-37-20(2)41)30(45)15-36-32(47)48-17-25-23-10-6-4-8-21(23)22-9-5-7-11-24(22)25/h4-11,25-26H,12-18H2,1-3H3,(H,33,42)(H,34,44)(H,35,46)(H,36,47)(H,37,41)(H,38,43). The number of hydrogen-bond donors (Lipinski definition) is 6. The van der Waals surface area contributed by atoms with Crippen LogP contribution in [0.1, 0.15) is 37.3 Å². The van der Waals surface area contributed by atoms with Gasteiger partial charge < -0.3 is 41.5 Å². The van der Waals surface area contributed by atoms with E-state index in [9.17, 15) is 38.4 Å². The molecule has 0 radical (unpaired) electrons. The Balaban J connectivity index is 1.51. The van der Waals surface area contributed by atoms with Crippen LogP contribution in [0.2, 0.25) is 0 Å². The Kier molecular flexibility index (Phi) is 13.6. The Morgan fingerprint density at radius 1 is 0.750 bits per heavy atom. The lowest BCUT2D eigenvalue weighted by Crippen LogP contribution is -2.53. The highest BCUT2D eigenvalue weighted by Crippen LogP contribution is 2.44. The van der Waals surface area contributed by atoms with Crippen LogP contribution in [0.5, 0.6) is 0 Å². The van der Waals surface area contributed by atoms with Gasteiger partial charge in [-0.05, 0) is 29.2 Å². The molecule has 256 valence electrons. The third-order valence-electron chi connectivity index (χ3n) is 7.21. The van der Waals surface area contributed by atoms with Crippen LogP contribution in [0.3, 0.4) is 0 Å². The van der Waals surface area contributed by atoms with E-state index < -0.39 is 73.6 Å². The van der Waals surface area contributed by atoms with E-state index in [1.807, 2.05) is 48.5 Å². The molecule has 6 N–H and O–H groups in total. The Bertz CT molecular complexity index is 1520. The minimum atomic E-state index is -1.32. The Morgan fingerprint density at radius 2 is 1.38 bits per heavy atom. The molecule has 1 atom stereocenters. The number of Topliss-reactive ketones (excluding diaryl/α,β-unsaturated/α-hetero) is 1. The van der Waals surface area contributed by atoms with Crippen molar-refractivity contribution in [3.8, 4) is 11.1 Å². The van der Waals surface area contributed by atoms with Crippen LogP contribution >= 0.6 is 0 Å². The number of benzene rings is 2. The molecular weight excluding hydrogens is 626 g/mol. The van der Waals surface area contributed by atoms with Gasteiger partial charge in [0.05, 0.1) is 26.2 Å². The second kappa shape index (κ2) is 17.8. The highest BCUT2D eigenvalue weighted by atomic mass is 16.5. The molecule has 1 aliphatic rings. The van der Waals surface area contributed by atoms with Crippen molar-refractivity contribution < 1.29 is 43.1 Å². The number of carbonyl (C=O) groups is 8. The number of alkyl carbamates (subject to hydrolysis) is 1. The van der Waals surface area contributed by atoms with Crippen LogP contribution in [0.15, 0.2) is 48.5 Å². The highest BCUT2D eigenvalue weighted by molar-refractivity contribution is 5.95. The number of amides is 7. The number of ketones is 1. The smallest absolute Gasteiger partial charge is 0.407 e. The van der Waals surface area contributed by atoms with E-state index in [4.69, 9.17) is 4.74 Å². The maximum atomic E-state index is 12.9. The molecule has 0 fully saturated rings. The molecule has 0 saturated heterocycles. The Hall–Kier alpha value is -5.80. The predicted octanol–water partition coefficient (Wildman–Crippen LogP) is -1.11. The molecule has 3 rings (SSSR count). The van der Waals surface area contributed by atoms with Gasteiger partial charge >= 0.3 is 6.09 Å². The Labute approximate surface area is 276 Å². The number of carbonyl (C=O) groups excluding carboxylic acids is 8. The molecule has 1 unspecified atom stereocenters. The zero-order chi connectivity index (χ0) is 35.2. The van der Waals surface area contributed by atoms with Crippen LogP contribution in [-0.4, -0.2) is 105 Å². The number of ether oxygens (including phenoxy) is 1. The predicted molar refractivity (Wildman–Crippen MR) is 171 cm³/mol.